The highest BCUT2D eigenvalue weighted by atomic mass is 16.1. The summed E-state index contributed by atoms with van der Waals surface area (Å²) in [6.07, 6.45) is 0. The van der Waals surface area contributed by atoms with E-state index >= 15 is 0 Å². The number of carbonyl (C=O) groups excluding carboxylic acids is 1. The van der Waals surface area contributed by atoms with Crippen molar-refractivity contribution in [1.82, 2.24) is 0 Å². The molecule has 0 radical (unpaired) electrons. The highest BCUT2D eigenvalue weighted by molar-refractivity contribution is 6.04. The number of rotatable bonds is 2. The fourth-order valence-corrected chi connectivity index (χ4v) is 1.79. The van der Waals surface area contributed by atoms with E-state index in [1.807, 2.05) is 38.1 Å². The second-order valence-corrected chi connectivity index (χ2v) is 4.34. The summed E-state index contributed by atoms with van der Waals surface area (Å²) in [5.41, 5.74) is 9.95. The van der Waals surface area contributed by atoms with Gasteiger partial charge < -0.3 is 11.1 Å². The Morgan fingerprint density at radius 2 is 1.72 bits per heavy atom. The maximum absolute atomic E-state index is 12.0. The summed E-state index contributed by atoms with van der Waals surface area (Å²) in [4.78, 5) is 12.0. The van der Waals surface area contributed by atoms with Gasteiger partial charge in [-0.2, -0.15) is 0 Å². The standard InChI is InChI=1S/C15H16N2O/c1-10-8-11(2)14(9-13(10)16)17-15(18)12-6-4-3-5-7-12/h3-9H,16H2,1-2H3,(H,17,18). The van der Waals surface area contributed by atoms with Crippen LogP contribution in [0.5, 0.6) is 0 Å². The number of anilines is 2. The van der Waals surface area contributed by atoms with Crippen molar-refractivity contribution in [2.75, 3.05) is 11.1 Å². The van der Waals surface area contributed by atoms with E-state index in [0.29, 0.717) is 11.3 Å². The van der Waals surface area contributed by atoms with Crippen LogP contribution in [0, 0.1) is 13.8 Å². The third-order valence-electron chi connectivity index (χ3n) is 2.90. The number of hydrogen-bond acceptors (Lipinski definition) is 2. The van der Waals surface area contributed by atoms with Crippen molar-refractivity contribution < 1.29 is 4.79 Å². The van der Waals surface area contributed by atoms with Crippen molar-refractivity contribution in [3.63, 3.8) is 0 Å². The number of amides is 1. The highest BCUT2D eigenvalue weighted by Gasteiger charge is 2.08. The third kappa shape index (κ3) is 2.51. The molecular formula is C15H16N2O. The van der Waals surface area contributed by atoms with Crippen molar-refractivity contribution in [2.24, 2.45) is 0 Å². The van der Waals surface area contributed by atoms with Gasteiger partial charge in [0, 0.05) is 16.9 Å². The fraction of sp³-hybridized carbons (Fsp3) is 0.133. The zero-order valence-electron chi connectivity index (χ0n) is 10.5. The lowest BCUT2D eigenvalue weighted by molar-refractivity contribution is 0.102. The van der Waals surface area contributed by atoms with Gasteiger partial charge in [-0.05, 0) is 43.2 Å². The number of nitrogen functional groups attached to an aromatic ring is 1. The second-order valence-electron chi connectivity index (χ2n) is 4.34. The molecule has 0 aliphatic rings. The van der Waals surface area contributed by atoms with Crippen LogP contribution in [0.15, 0.2) is 42.5 Å². The Morgan fingerprint density at radius 3 is 2.39 bits per heavy atom. The molecule has 0 fully saturated rings. The molecule has 0 heterocycles. The number of carbonyl (C=O) groups is 1. The van der Waals surface area contributed by atoms with E-state index in [2.05, 4.69) is 5.32 Å². The molecule has 0 unspecified atom stereocenters. The SMILES string of the molecule is Cc1cc(C)c(NC(=O)c2ccccc2)cc1N. The lowest BCUT2D eigenvalue weighted by Crippen LogP contribution is -2.13. The zero-order valence-corrected chi connectivity index (χ0v) is 10.5. The van der Waals surface area contributed by atoms with Crippen LogP contribution in [0.25, 0.3) is 0 Å². The minimum atomic E-state index is -0.123. The minimum absolute atomic E-state index is 0.123. The molecule has 0 aromatic heterocycles. The molecule has 0 spiro atoms. The first kappa shape index (κ1) is 12.2. The average molecular weight is 240 g/mol. The van der Waals surface area contributed by atoms with Crippen LogP contribution in [-0.4, -0.2) is 5.91 Å². The van der Waals surface area contributed by atoms with Gasteiger partial charge in [-0.1, -0.05) is 24.3 Å². The van der Waals surface area contributed by atoms with E-state index in [1.54, 1.807) is 18.2 Å². The van der Waals surface area contributed by atoms with Crippen LogP contribution in [0.2, 0.25) is 0 Å². The topological polar surface area (TPSA) is 55.1 Å². The normalized spacial score (nSPS) is 10.1. The first-order valence-electron chi connectivity index (χ1n) is 5.81. The summed E-state index contributed by atoms with van der Waals surface area (Å²) in [6, 6.07) is 12.9. The molecule has 3 nitrogen and oxygen atoms in total. The van der Waals surface area contributed by atoms with Crippen molar-refractivity contribution >= 4 is 17.3 Å². The molecule has 1 amide bonds. The van der Waals surface area contributed by atoms with Gasteiger partial charge in [-0.3, -0.25) is 4.79 Å². The highest BCUT2D eigenvalue weighted by Crippen LogP contribution is 2.22. The van der Waals surface area contributed by atoms with Gasteiger partial charge in [0.25, 0.3) is 5.91 Å². The van der Waals surface area contributed by atoms with Crippen LogP contribution in [0.4, 0.5) is 11.4 Å². The second kappa shape index (κ2) is 4.92. The Bertz CT molecular complexity index is 577. The van der Waals surface area contributed by atoms with Crippen molar-refractivity contribution in [3.05, 3.63) is 59.2 Å². The molecule has 0 aliphatic carbocycles. The predicted octanol–water partition coefficient (Wildman–Crippen LogP) is 3.14. The molecule has 0 aliphatic heterocycles. The van der Waals surface area contributed by atoms with Gasteiger partial charge in [0.1, 0.15) is 0 Å². The molecule has 3 heteroatoms. The number of hydrogen-bond donors (Lipinski definition) is 2. The quantitative estimate of drug-likeness (QED) is 0.792. The largest absolute Gasteiger partial charge is 0.398 e. The van der Waals surface area contributed by atoms with Gasteiger partial charge >= 0.3 is 0 Å². The van der Waals surface area contributed by atoms with Crippen molar-refractivity contribution in [3.8, 4) is 0 Å². The van der Waals surface area contributed by atoms with Crippen molar-refractivity contribution in [2.45, 2.75) is 13.8 Å². The summed E-state index contributed by atoms with van der Waals surface area (Å²) in [7, 11) is 0. The van der Waals surface area contributed by atoms with Crippen LogP contribution in [-0.2, 0) is 0 Å². The van der Waals surface area contributed by atoms with E-state index in [9.17, 15) is 4.79 Å². The Kier molecular flexibility index (Phi) is 3.33. The maximum atomic E-state index is 12.0. The smallest absolute Gasteiger partial charge is 0.255 e. The zero-order chi connectivity index (χ0) is 13.1. The van der Waals surface area contributed by atoms with Crippen LogP contribution < -0.4 is 11.1 Å². The van der Waals surface area contributed by atoms with E-state index < -0.39 is 0 Å². The molecule has 2 aromatic rings. The molecule has 2 aromatic carbocycles. The van der Waals surface area contributed by atoms with E-state index in [4.69, 9.17) is 5.73 Å². The van der Waals surface area contributed by atoms with Gasteiger partial charge in [0.05, 0.1) is 0 Å². The summed E-state index contributed by atoms with van der Waals surface area (Å²) in [5.74, 6) is -0.123. The van der Waals surface area contributed by atoms with Gasteiger partial charge in [-0.25, -0.2) is 0 Å². The van der Waals surface area contributed by atoms with Crippen LogP contribution in [0.3, 0.4) is 0 Å². The molecule has 2 rings (SSSR count). The lowest BCUT2D eigenvalue weighted by atomic mass is 10.1. The third-order valence-corrected chi connectivity index (χ3v) is 2.90. The Labute approximate surface area is 107 Å². The maximum Gasteiger partial charge on any atom is 0.255 e. The summed E-state index contributed by atoms with van der Waals surface area (Å²) >= 11 is 0. The molecular weight excluding hydrogens is 224 g/mol. The molecule has 18 heavy (non-hydrogen) atoms. The lowest BCUT2D eigenvalue weighted by Gasteiger charge is -2.11. The van der Waals surface area contributed by atoms with E-state index in [-0.39, 0.29) is 5.91 Å². The number of nitrogens with one attached hydrogen (secondary N) is 1. The number of benzene rings is 2. The molecule has 0 saturated heterocycles. The van der Waals surface area contributed by atoms with E-state index in [1.165, 1.54) is 0 Å². The fourth-order valence-electron chi connectivity index (χ4n) is 1.79. The Balaban J connectivity index is 2.25. The van der Waals surface area contributed by atoms with Gasteiger partial charge in [0.15, 0.2) is 0 Å². The Morgan fingerprint density at radius 1 is 1.06 bits per heavy atom. The van der Waals surface area contributed by atoms with Gasteiger partial charge in [0.2, 0.25) is 0 Å². The van der Waals surface area contributed by atoms with Crippen LogP contribution >= 0.6 is 0 Å². The van der Waals surface area contributed by atoms with Crippen LogP contribution in [0.1, 0.15) is 21.5 Å². The summed E-state index contributed by atoms with van der Waals surface area (Å²) < 4.78 is 0. The first-order chi connectivity index (χ1) is 8.58. The monoisotopic (exact) mass is 240 g/mol. The summed E-state index contributed by atoms with van der Waals surface area (Å²) in [5, 5.41) is 2.88. The number of aryl methyl sites for hydroxylation is 2. The van der Waals surface area contributed by atoms with Gasteiger partial charge in [-0.15, -0.1) is 0 Å². The van der Waals surface area contributed by atoms with Crippen molar-refractivity contribution in [1.29, 1.82) is 0 Å². The average Bonchev–Trinajstić information content (AvgIpc) is 2.37. The molecule has 3 N–H and O–H groups in total. The first-order valence-corrected chi connectivity index (χ1v) is 5.81. The number of nitrogens with two attached hydrogens (primary N) is 1. The molecule has 0 atom stereocenters. The molecule has 0 bridgehead atoms. The summed E-state index contributed by atoms with van der Waals surface area (Å²) in [6.45, 7) is 3.90. The van der Waals surface area contributed by atoms with E-state index in [0.717, 1.165) is 16.8 Å². The minimum Gasteiger partial charge on any atom is -0.398 e. The molecule has 0 saturated carbocycles. The predicted molar refractivity (Wildman–Crippen MR) is 74.7 cm³/mol. The Hall–Kier alpha value is -2.29. The molecule has 92 valence electrons.